The van der Waals surface area contributed by atoms with Crippen molar-refractivity contribution in [1.29, 1.82) is 0 Å². The molecule has 0 saturated carbocycles. The fourth-order valence-corrected chi connectivity index (χ4v) is 2.08. The molecule has 0 N–H and O–H groups in total. The summed E-state index contributed by atoms with van der Waals surface area (Å²) in [6.45, 7) is 2.64. The first kappa shape index (κ1) is 15.9. The molecule has 0 unspecified atom stereocenters. The molecule has 2 nitrogen and oxygen atoms in total. The van der Waals surface area contributed by atoms with Crippen LogP contribution in [0.15, 0.2) is 54.6 Å². The third-order valence-corrected chi connectivity index (χ3v) is 3.27. The number of hydrogen-bond donors (Lipinski definition) is 0. The normalized spacial score (nSPS) is 10.9. The Kier molecular flexibility index (Phi) is 5.42. The average molecular weight is 301 g/mol. The Morgan fingerprint density at radius 1 is 1.14 bits per heavy atom. The summed E-state index contributed by atoms with van der Waals surface area (Å²) in [5.74, 6) is -0.947. The number of nitrogens with zero attached hydrogens (tertiary/aromatic N) is 1. The average Bonchev–Trinajstić information content (AvgIpc) is 2.51. The monoisotopic (exact) mass is 301 g/mol. The lowest BCUT2D eigenvalue weighted by Crippen LogP contribution is -2.28. The molecular formula is C18H17F2NO. The third kappa shape index (κ3) is 4.25. The standard InChI is InChI=1S/C18H17F2NO/c1-2-21(13-14-6-5-8-16(19)12-14)18(22)11-10-15-7-3-4-9-17(15)20/h3-12H,2,13H2,1H3/b11-10+. The van der Waals surface area contributed by atoms with Gasteiger partial charge in [-0.05, 0) is 36.8 Å². The maximum atomic E-state index is 13.5. The fourth-order valence-electron chi connectivity index (χ4n) is 2.08. The van der Waals surface area contributed by atoms with Crippen LogP contribution in [0, 0.1) is 11.6 Å². The lowest BCUT2D eigenvalue weighted by molar-refractivity contribution is -0.126. The van der Waals surface area contributed by atoms with Gasteiger partial charge in [0.2, 0.25) is 5.91 Å². The number of benzene rings is 2. The number of rotatable bonds is 5. The van der Waals surface area contributed by atoms with E-state index in [0.717, 1.165) is 5.56 Å². The van der Waals surface area contributed by atoms with Crippen molar-refractivity contribution in [3.05, 3.63) is 77.4 Å². The number of carbonyl (C=O) groups is 1. The van der Waals surface area contributed by atoms with E-state index < -0.39 is 0 Å². The van der Waals surface area contributed by atoms with Crippen LogP contribution in [0.4, 0.5) is 8.78 Å². The van der Waals surface area contributed by atoms with Crippen molar-refractivity contribution < 1.29 is 13.6 Å². The first-order valence-electron chi connectivity index (χ1n) is 7.06. The highest BCUT2D eigenvalue weighted by molar-refractivity contribution is 5.91. The summed E-state index contributed by atoms with van der Waals surface area (Å²) in [6.07, 6.45) is 2.78. The van der Waals surface area contributed by atoms with Crippen LogP contribution < -0.4 is 0 Å². The largest absolute Gasteiger partial charge is 0.335 e. The van der Waals surface area contributed by atoms with E-state index in [2.05, 4.69) is 0 Å². The molecule has 2 aromatic carbocycles. The van der Waals surface area contributed by atoms with E-state index in [9.17, 15) is 13.6 Å². The summed E-state index contributed by atoms with van der Waals surface area (Å²) in [7, 11) is 0. The minimum atomic E-state index is -0.375. The van der Waals surface area contributed by atoms with E-state index in [-0.39, 0.29) is 17.5 Å². The van der Waals surface area contributed by atoms with E-state index in [4.69, 9.17) is 0 Å². The van der Waals surface area contributed by atoms with Crippen LogP contribution in [0.3, 0.4) is 0 Å². The summed E-state index contributed by atoms with van der Waals surface area (Å²) < 4.78 is 26.7. The molecule has 0 aliphatic carbocycles. The molecule has 2 rings (SSSR count). The Morgan fingerprint density at radius 2 is 1.91 bits per heavy atom. The summed E-state index contributed by atoms with van der Waals surface area (Å²) in [5, 5.41) is 0. The fraction of sp³-hybridized carbons (Fsp3) is 0.167. The van der Waals surface area contributed by atoms with Gasteiger partial charge in [0, 0.05) is 24.7 Å². The molecule has 22 heavy (non-hydrogen) atoms. The molecule has 114 valence electrons. The number of amides is 1. The smallest absolute Gasteiger partial charge is 0.246 e. The molecule has 4 heteroatoms. The number of halogens is 2. The summed E-state index contributed by atoms with van der Waals surface area (Å²) >= 11 is 0. The molecule has 0 radical (unpaired) electrons. The second-order valence-electron chi connectivity index (χ2n) is 4.84. The zero-order chi connectivity index (χ0) is 15.9. The third-order valence-electron chi connectivity index (χ3n) is 3.27. The van der Waals surface area contributed by atoms with Crippen molar-refractivity contribution in [1.82, 2.24) is 4.90 Å². The molecule has 0 fully saturated rings. The van der Waals surface area contributed by atoms with E-state index in [1.807, 2.05) is 6.92 Å². The molecular weight excluding hydrogens is 284 g/mol. The van der Waals surface area contributed by atoms with Gasteiger partial charge in [0.15, 0.2) is 0 Å². The molecule has 0 aliphatic rings. The highest BCUT2D eigenvalue weighted by Gasteiger charge is 2.09. The maximum absolute atomic E-state index is 13.5. The highest BCUT2D eigenvalue weighted by atomic mass is 19.1. The lowest BCUT2D eigenvalue weighted by atomic mass is 10.2. The zero-order valence-corrected chi connectivity index (χ0v) is 12.3. The topological polar surface area (TPSA) is 20.3 Å². The molecule has 0 saturated heterocycles. The molecule has 0 atom stereocenters. The molecule has 0 aliphatic heterocycles. The Labute approximate surface area is 128 Å². The van der Waals surface area contributed by atoms with Crippen molar-refractivity contribution in [3.8, 4) is 0 Å². The predicted octanol–water partition coefficient (Wildman–Crippen LogP) is 4.03. The van der Waals surface area contributed by atoms with Gasteiger partial charge in [-0.3, -0.25) is 4.79 Å². The van der Waals surface area contributed by atoms with Crippen molar-refractivity contribution in [2.75, 3.05) is 6.54 Å². The van der Waals surface area contributed by atoms with Gasteiger partial charge in [-0.2, -0.15) is 0 Å². The van der Waals surface area contributed by atoms with Crippen LogP contribution in [-0.2, 0) is 11.3 Å². The van der Waals surface area contributed by atoms with Crippen molar-refractivity contribution in [2.45, 2.75) is 13.5 Å². The van der Waals surface area contributed by atoms with Gasteiger partial charge < -0.3 is 4.90 Å². The van der Waals surface area contributed by atoms with Gasteiger partial charge in [-0.15, -0.1) is 0 Å². The second-order valence-corrected chi connectivity index (χ2v) is 4.84. The lowest BCUT2D eigenvalue weighted by Gasteiger charge is -2.19. The summed E-state index contributed by atoms with van der Waals surface area (Å²) in [4.78, 5) is 13.7. The van der Waals surface area contributed by atoms with Gasteiger partial charge in [-0.25, -0.2) is 8.78 Å². The van der Waals surface area contributed by atoms with E-state index in [1.54, 1.807) is 35.2 Å². The summed E-state index contributed by atoms with van der Waals surface area (Å²) in [6, 6.07) is 12.4. The van der Waals surface area contributed by atoms with Gasteiger partial charge >= 0.3 is 0 Å². The number of hydrogen-bond acceptors (Lipinski definition) is 1. The number of carbonyl (C=O) groups excluding carboxylic acids is 1. The molecule has 0 heterocycles. The molecule has 1 amide bonds. The van der Waals surface area contributed by atoms with Gasteiger partial charge in [0.05, 0.1) is 0 Å². The van der Waals surface area contributed by atoms with Crippen LogP contribution >= 0.6 is 0 Å². The number of likely N-dealkylation sites (N-methyl/N-ethyl adjacent to an activating group) is 1. The van der Waals surface area contributed by atoms with Crippen LogP contribution in [0.5, 0.6) is 0 Å². The van der Waals surface area contributed by atoms with Gasteiger partial charge in [0.1, 0.15) is 11.6 Å². The Balaban J connectivity index is 2.07. The van der Waals surface area contributed by atoms with Crippen molar-refractivity contribution >= 4 is 12.0 Å². The Bertz CT molecular complexity index is 682. The van der Waals surface area contributed by atoms with Crippen LogP contribution in [0.2, 0.25) is 0 Å². The minimum absolute atomic E-state index is 0.241. The van der Waals surface area contributed by atoms with E-state index in [1.165, 1.54) is 30.4 Å². The second kappa shape index (κ2) is 7.50. The quantitative estimate of drug-likeness (QED) is 0.764. The van der Waals surface area contributed by atoms with Gasteiger partial charge in [0.25, 0.3) is 0 Å². The predicted molar refractivity (Wildman–Crippen MR) is 82.9 cm³/mol. The Hall–Kier alpha value is -2.49. The van der Waals surface area contributed by atoms with Crippen molar-refractivity contribution in [2.24, 2.45) is 0 Å². The zero-order valence-electron chi connectivity index (χ0n) is 12.3. The van der Waals surface area contributed by atoms with Crippen LogP contribution in [0.1, 0.15) is 18.1 Å². The minimum Gasteiger partial charge on any atom is -0.335 e. The maximum Gasteiger partial charge on any atom is 0.246 e. The molecule has 0 spiro atoms. The molecule has 0 aromatic heterocycles. The SMILES string of the molecule is CCN(Cc1cccc(F)c1)C(=O)/C=C/c1ccccc1F. The molecule has 2 aromatic rings. The first-order valence-corrected chi connectivity index (χ1v) is 7.06. The van der Waals surface area contributed by atoms with E-state index in [0.29, 0.717) is 18.7 Å². The van der Waals surface area contributed by atoms with Crippen LogP contribution in [0.25, 0.3) is 6.08 Å². The first-order chi connectivity index (χ1) is 10.6. The Morgan fingerprint density at radius 3 is 2.59 bits per heavy atom. The van der Waals surface area contributed by atoms with Crippen molar-refractivity contribution in [3.63, 3.8) is 0 Å². The van der Waals surface area contributed by atoms with Crippen LogP contribution in [-0.4, -0.2) is 17.4 Å². The molecule has 0 bridgehead atoms. The highest BCUT2D eigenvalue weighted by Crippen LogP contribution is 2.11. The van der Waals surface area contributed by atoms with E-state index >= 15 is 0 Å². The van der Waals surface area contributed by atoms with Gasteiger partial charge in [-0.1, -0.05) is 30.3 Å². The summed E-state index contributed by atoms with van der Waals surface area (Å²) in [5.41, 5.74) is 1.08.